The van der Waals surface area contributed by atoms with Gasteiger partial charge in [-0.25, -0.2) is 0 Å². The minimum absolute atomic E-state index is 0.106. The maximum Gasteiger partial charge on any atom is 0.265 e. The zero-order chi connectivity index (χ0) is 14.7. The smallest absolute Gasteiger partial charge is 0.265 e. The van der Waals surface area contributed by atoms with Crippen molar-refractivity contribution in [3.05, 3.63) is 62.8 Å². The summed E-state index contributed by atoms with van der Waals surface area (Å²) in [6, 6.07) is 8.95. The maximum absolute atomic E-state index is 11.9. The lowest BCUT2D eigenvalue weighted by atomic mass is 10.1. The fraction of sp³-hybridized carbons (Fsp3) is 0.133. The molecule has 0 aliphatic rings. The molecule has 3 nitrogen and oxygen atoms in total. The first-order chi connectivity index (χ1) is 9.54. The number of pyridine rings is 1. The fourth-order valence-electron chi connectivity index (χ4n) is 1.82. The lowest BCUT2D eigenvalue weighted by molar-refractivity contribution is 0.363. The van der Waals surface area contributed by atoms with Crippen LogP contribution in [0.15, 0.2) is 52.3 Å². The summed E-state index contributed by atoms with van der Waals surface area (Å²) in [5.74, 6) is 0.667. The first-order valence-corrected chi connectivity index (χ1v) is 7.11. The average Bonchev–Trinajstić information content (AvgIpc) is 2.44. The monoisotopic (exact) mass is 353 g/mol. The fourth-order valence-corrected chi connectivity index (χ4v) is 2.49. The van der Waals surface area contributed by atoms with Crippen molar-refractivity contribution in [3.63, 3.8) is 0 Å². The Labute approximate surface area is 130 Å². The lowest BCUT2D eigenvalue weighted by Crippen LogP contribution is -2.18. The molecule has 0 N–H and O–H groups in total. The van der Waals surface area contributed by atoms with Gasteiger partial charge in [-0.2, -0.15) is 0 Å². The Morgan fingerprint density at radius 2 is 2.15 bits per heavy atom. The molecule has 0 radical (unpaired) electrons. The van der Waals surface area contributed by atoms with Crippen LogP contribution in [0.4, 0.5) is 0 Å². The second-order valence-corrected chi connectivity index (χ2v) is 5.43. The number of hydrogen-bond donors (Lipinski definition) is 0. The Bertz CT molecular complexity index is 710. The summed E-state index contributed by atoms with van der Waals surface area (Å²) in [6.07, 6.45) is 1.67. The van der Waals surface area contributed by atoms with Crippen LogP contribution in [-0.2, 0) is 7.05 Å². The van der Waals surface area contributed by atoms with Gasteiger partial charge < -0.3 is 9.30 Å². The van der Waals surface area contributed by atoms with E-state index in [4.69, 9.17) is 16.3 Å². The summed E-state index contributed by atoms with van der Waals surface area (Å²) >= 11 is 9.49. The molecule has 0 unspecified atom stereocenters. The molecule has 5 heteroatoms. The van der Waals surface area contributed by atoms with Gasteiger partial charge in [-0.05, 0) is 46.3 Å². The van der Waals surface area contributed by atoms with E-state index in [9.17, 15) is 4.79 Å². The number of benzene rings is 1. The highest BCUT2D eigenvalue weighted by molar-refractivity contribution is 9.10. The van der Waals surface area contributed by atoms with E-state index in [-0.39, 0.29) is 5.56 Å². The van der Waals surface area contributed by atoms with Crippen molar-refractivity contribution in [2.45, 2.75) is 0 Å². The molecule has 1 aromatic carbocycles. The summed E-state index contributed by atoms with van der Waals surface area (Å²) in [5, 5.41) is 0.531. The standard InChI is InChI=1S/C15H13BrClNO2/c1-3-8-20-10-4-5-11(13(17)9-10)14-7-6-12(16)15(19)18(14)2/h3-7,9H,1,8H2,2H3. The van der Waals surface area contributed by atoms with E-state index in [1.54, 1.807) is 29.8 Å². The molecule has 0 fully saturated rings. The predicted molar refractivity (Wildman–Crippen MR) is 85.5 cm³/mol. The van der Waals surface area contributed by atoms with Crippen LogP contribution in [-0.4, -0.2) is 11.2 Å². The molecule has 0 spiro atoms. The van der Waals surface area contributed by atoms with E-state index in [1.807, 2.05) is 18.2 Å². The maximum atomic E-state index is 11.9. The minimum atomic E-state index is -0.106. The van der Waals surface area contributed by atoms with E-state index < -0.39 is 0 Å². The highest BCUT2D eigenvalue weighted by atomic mass is 79.9. The number of hydrogen-bond acceptors (Lipinski definition) is 2. The van der Waals surface area contributed by atoms with Crippen LogP contribution in [0, 0.1) is 0 Å². The summed E-state index contributed by atoms with van der Waals surface area (Å²) in [7, 11) is 1.71. The van der Waals surface area contributed by atoms with Crippen molar-refractivity contribution in [3.8, 4) is 17.0 Å². The Balaban J connectivity index is 2.46. The van der Waals surface area contributed by atoms with E-state index in [2.05, 4.69) is 22.5 Å². The number of halogens is 2. The van der Waals surface area contributed by atoms with E-state index in [0.29, 0.717) is 21.9 Å². The van der Waals surface area contributed by atoms with Gasteiger partial charge in [-0.15, -0.1) is 0 Å². The van der Waals surface area contributed by atoms with Gasteiger partial charge in [-0.3, -0.25) is 4.79 Å². The molecule has 2 rings (SSSR count). The van der Waals surface area contributed by atoms with Gasteiger partial charge in [-0.1, -0.05) is 24.3 Å². The molecule has 20 heavy (non-hydrogen) atoms. The van der Waals surface area contributed by atoms with Crippen LogP contribution in [0.5, 0.6) is 5.75 Å². The van der Waals surface area contributed by atoms with Gasteiger partial charge in [0, 0.05) is 12.6 Å². The summed E-state index contributed by atoms with van der Waals surface area (Å²) in [4.78, 5) is 11.9. The van der Waals surface area contributed by atoms with Gasteiger partial charge >= 0.3 is 0 Å². The summed E-state index contributed by atoms with van der Waals surface area (Å²) in [5.41, 5.74) is 1.42. The minimum Gasteiger partial charge on any atom is -0.490 e. The van der Waals surface area contributed by atoms with E-state index in [0.717, 1.165) is 11.3 Å². The highest BCUT2D eigenvalue weighted by Gasteiger charge is 2.10. The van der Waals surface area contributed by atoms with Gasteiger partial charge in [0.05, 0.1) is 15.2 Å². The summed E-state index contributed by atoms with van der Waals surface area (Å²) < 4.78 is 7.49. The first kappa shape index (κ1) is 14.9. The van der Waals surface area contributed by atoms with Crippen molar-refractivity contribution in [1.82, 2.24) is 4.57 Å². The number of rotatable bonds is 4. The van der Waals surface area contributed by atoms with Crippen molar-refractivity contribution in [2.24, 2.45) is 7.05 Å². The molecule has 2 aromatic rings. The van der Waals surface area contributed by atoms with Crippen molar-refractivity contribution >= 4 is 27.5 Å². The number of ether oxygens (including phenoxy) is 1. The van der Waals surface area contributed by atoms with Gasteiger partial charge in [0.1, 0.15) is 12.4 Å². The predicted octanol–water partition coefficient (Wildman–Crippen LogP) is 4.03. The molecule has 0 saturated heterocycles. The molecule has 104 valence electrons. The van der Waals surface area contributed by atoms with Gasteiger partial charge in [0.15, 0.2) is 0 Å². The second-order valence-electron chi connectivity index (χ2n) is 4.17. The SMILES string of the molecule is C=CCOc1ccc(-c2ccc(Br)c(=O)n2C)c(Cl)c1. The van der Waals surface area contributed by atoms with Gasteiger partial charge in [0.25, 0.3) is 5.56 Å². The molecule has 0 atom stereocenters. The third-order valence-corrected chi connectivity index (χ3v) is 3.76. The molecule has 0 amide bonds. The van der Waals surface area contributed by atoms with Crippen molar-refractivity contribution in [1.29, 1.82) is 0 Å². The Hall–Kier alpha value is -1.52. The Morgan fingerprint density at radius 3 is 2.80 bits per heavy atom. The third-order valence-electron chi connectivity index (χ3n) is 2.84. The normalized spacial score (nSPS) is 10.3. The lowest BCUT2D eigenvalue weighted by Gasteiger charge is -2.12. The van der Waals surface area contributed by atoms with Crippen LogP contribution < -0.4 is 10.3 Å². The molecule has 0 saturated carbocycles. The molecule has 1 aromatic heterocycles. The van der Waals surface area contributed by atoms with E-state index >= 15 is 0 Å². The topological polar surface area (TPSA) is 31.2 Å². The van der Waals surface area contributed by atoms with Crippen LogP contribution in [0.3, 0.4) is 0 Å². The Kier molecular flexibility index (Phi) is 4.68. The molecular formula is C15H13BrClNO2. The second kappa shape index (κ2) is 6.29. The van der Waals surface area contributed by atoms with Crippen LogP contribution in [0.25, 0.3) is 11.3 Å². The number of aromatic nitrogens is 1. The van der Waals surface area contributed by atoms with Crippen LogP contribution >= 0.6 is 27.5 Å². The third kappa shape index (κ3) is 2.97. The molecule has 0 bridgehead atoms. The van der Waals surface area contributed by atoms with Crippen molar-refractivity contribution < 1.29 is 4.74 Å². The number of nitrogens with zero attached hydrogens (tertiary/aromatic N) is 1. The first-order valence-electron chi connectivity index (χ1n) is 5.93. The molecule has 0 aliphatic heterocycles. The summed E-state index contributed by atoms with van der Waals surface area (Å²) in [6.45, 7) is 4.02. The highest BCUT2D eigenvalue weighted by Crippen LogP contribution is 2.30. The van der Waals surface area contributed by atoms with Gasteiger partial charge in [0.2, 0.25) is 0 Å². The zero-order valence-corrected chi connectivity index (χ0v) is 13.2. The zero-order valence-electron chi connectivity index (χ0n) is 10.9. The van der Waals surface area contributed by atoms with Crippen molar-refractivity contribution in [2.75, 3.05) is 6.61 Å². The van der Waals surface area contributed by atoms with E-state index in [1.165, 1.54) is 0 Å². The van der Waals surface area contributed by atoms with Crippen LogP contribution in [0.2, 0.25) is 5.02 Å². The largest absolute Gasteiger partial charge is 0.490 e. The Morgan fingerprint density at radius 1 is 1.40 bits per heavy atom. The molecule has 1 heterocycles. The molecule has 0 aliphatic carbocycles. The van der Waals surface area contributed by atoms with Crippen LogP contribution in [0.1, 0.15) is 0 Å². The quantitative estimate of drug-likeness (QED) is 0.776. The molecular weight excluding hydrogens is 342 g/mol. The average molecular weight is 355 g/mol.